The van der Waals surface area contributed by atoms with E-state index in [2.05, 4.69) is 23.2 Å². The van der Waals surface area contributed by atoms with Gasteiger partial charge in [0, 0.05) is 25.1 Å². The number of carbonyl (C=O) groups excluding carboxylic acids is 1. The fourth-order valence-corrected chi connectivity index (χ4v) is 1.56. The smallest absolute Gasteiger partial charge is 0.302 e. The molecule has 1 aromatic carbocycles. The Kier molecular flexibility index (Phi) is 2.72. The summed E-state index contributed by atoms with van der Waals surface area (Å²) in [6.07, 6.45) is 2.68. The van der Waals surface area contributed by atoms with E-state index in [-0.39, 0.29) is 5.97 Å². The zero-order valence-corrected chi connectivity index (χ0v) is 8.62. The maximum absolute atomic E-state index is 10.6. The monoisotopic (exact) mass is 203 g/mol. The minimum atomic E-state index is -0.226. The molecule has 0 amide bonds. The molecule has 0 bridgehead atoms. The lowest BCUT2D eigenvalue weighted by atomic mass is 10.1. The zero-order valence-electron chi connectivity index (χ0n) is 8.62. The van der Waals surface area contributed by atoms with Gasteiger partial charge < -0.3 is 9.72 Å². The lowest BCUT2D eigenvalue weighted by Gasteiger charge is -2.02. The van der Waals surface area contributed by atoms with Crippen molar-refractivity contribution in [3.8, 4) is 0 Å². The van der Waals surface area contributed by atoms with E-state index in [1.807, 2.05) is 12.3 Å². The van der Waals surface area contributed by atoms with Crippen LogP contribution < -0.4 is 0 Å². The lowest BCUT2D eigenvalue weighted by molar-refractivity contribution is -0.140. The summed E-state index contributed by atoms with van der Waals surface area (Å²) < 4.78 is 4.89. The maximum atomic E-state index is 10.6. The molecule has 0 aliphatic heterocycles. The molecule has 1 N–H and O–H groups in total. The number of aromatic nitrogens is 1. The van der Waals surface area contributed by atoms with Crippen LogP contribution in [0.25, 0.3) is 10.9 Å². The van der Waals surface area contributed by atoms with E-state index in [4.69, 9.17) is 4.74 Å². The Morgan fingerprint density at radius 2 is 2.27 bits per heavy atom. The third-order valence-electron chi connectivity index (χ3n) is 2.32. The number of esters is 1. The van der Waals surface area contributed by atoms with E-state index in [0.29, 0.717) is 6.61 Å². The normalized spacial score (nSPS) is 10.5. The third kappa shape index (κ3) is 2.37. The molecule has 0 fully saturated rings. The number of rotatable bonds is 3. The van der Waals surface area contributed by atoms with Gasteiger partial charge in [0.05, 0.1) is 6.61 Å². The molecule has 0 saturated heterocycles. The molecule has 2 aromatic rings. The van der Waals surface area contributed by atoms with E-state index in [1.54, 1.807) is 0 Å². The number of fused-ring (bicyclic) bond motifs is 1. The summed E-state index contributed by atoms with van der Waals surface area (Å²) >= 11 is 0. The van der Waals surface area contributed by atoms with Crippen LogP contribution in [0.2, 0.25) is 0 Å². The maximum Gasteiger partial charge on any atom is 0.302 e. The highest BCUT2D eigenvalue weighted by atomic mass is 16.5. The van der Waals surface area contributed by atoms with Gasteiger partial charge in [-0.05, 0) is 23.1 Å². The van der Waals surface area contributed by atoms with Crippen molar-refractivity contribution < 1.29 is 9.53 Å². The van der Waals surface area contributed by atoms with E-state index < -0.39 is 0 Å². The van der Waals surface area contributed by atoms with Gasteiger partial charge in [0.25, 0.3) is 0 Å². The minimum absolute atomic E-state index is 0.226. The minimum Gasteiger partial charge on any atom is -0.466 e. The summed E-state index contributed by atoms with van der Waals surface area (Å²) in [6.45, 7) is 1.87. The second-order valence-corrected chi connectivity index (χ2v) is 3.49. The molecule has 0 aliphatic carbocycles. The van der Waals surface area contributed by atoms with Crippen molar-refractivity contribution in [2.75, 3.05) is 6.61 Å². The van der Waals surface area contributed by atoms with Crippen molar-refractivity contribution in [2.45, 2.75) is 13.3 Å². The van der Waals surface area contributed by atoms with Gasteiger partial charge in [-0.1, -0.05) is 12.1 Å². The third-order valence-corrected chi connectivity index (χ3v) is 2.32. The zero-order chi connectivity index (χ0) is 10.7. The van der Waals surface area contributed by atoms with E-state index in [9.17, 15) is 4.79 Å². The second-order valence-electron chi connectivity index (χ2n) is 3.49. The molecule has 0 radical (unpaired) electrons. The molecule has 0 aliphatic rings. The van der Waals surface area contributed by atoms with Gasteiger partial charge >= 0.3 is 5.97 Å². The molecule has 0 saturated carbocycles. The van der Waals surface area contributed by atoms with Gasteiger partial charge in [-0.2, -0.15) is 0 Å². The summed E-state index contributed by atoms with van der Waals surface area (Å²) in [5.41, 5.74) is 2.29. The van der Waals surface area contributed by atoms with Gasteiger partial charge in [0.15, 0.2) is 0 Å². The Hall–Kier alpha value is -1.77. The summed E-state index contributed by atoms with van der Waals surface area (Å²) in [4.78, 5) is 13.7. The van der Waals surface area contributed by atoms with E-state index in [1.165, 1.54) is 17.9 Å². The number of hydrogen-bond donors (Lipinski definition) is 1. The Morgan fingerprint density at radius 1 is 1.40 bits per heavy atom. The number of ether oxygens (including phenoxy) is 1. The first-order chi connectivity index (χ1) is 7.25. The second kappa shape index (κ2) is 4.17. The summed E-state index contributed by atoms with van der Waals surface area (Å²) in [5.74, 6) is -0.226. The Balaban J connectivity index is 2.04. The molecule has 1 heterocycles. The average Bonchev–Trinajstić information content (AvgIpc) is 2.64. The summed E-state index contributed by atoms with van der Waals surface area (Å²) in [5, 5.41) is 1.20. The molecular weight excluding hydrogens is 190 g/mol. The fraction of sp³-hybridized carbons (Fsp3) is 0.250. The highest BCUT2D eigenvalue weighted by Gasteiger charge is 1.98. The van der Waals surface area contributed by atoms with Gasteiger partial charge in [0.1, 0.15) is 0 Å². The molecule has 0 unspecified atom stereocenters. The average molecular weight is 203 g/mol. The van der Waals surface area contributed by atoms with Crippen molar-refractivity contribution >= 4 is 16.9 Å². The predicted molar refractivity (Wildman–Crippen MR) is 58.6 cm³/mol. The molecule has 0 spiro atoms. The predicted octanol–water partition coefficient (Wildman–Crippen LogP) is 2.27. The van der Waals surface area contributed by atoms with Gasteiger partial charge in [-0.15, -0.1) is 0 Å². The number of hydrogen-bond acceptors (Lipinski definition) is 2. The summed E-state index contributed by atoms with van der Waals surface area (Å²) in [7, 11) is 0. The Labute approximate surface area is 88.1 Å². The number of carbonyl (C=O) groups is 1. The highest BCUT2D eigenvalue weighted by Crippen LogP contribution is 2.14. The van der Waals surface area contributed by atoms with Crippen molar-refractivity contribution in [3.63, 3.8) is 0 Å². The van der Waals surface area contributed by atoms with Crippen LogP contribution in [-0.2, 0) is 16.0 Å². The number of nitrogens with one attached hydrogen (secondary N) is 1. The lowest BCUT2D eigenvalue weighted by Crippen LogP contribution is -2.03. The van der Waals surface area contributed by atoms with Crippen LogP contribution in [0.1, 0.15) is 12.5 Å². The van der Waals surface area contributed by atoms with Gasteiger partial charge in [-0.3, -0.25) is 4.79 Å². The van der Waals surface area contributed by atoms with E-state index >= 15 is 0 Å². The van der Waals surface area contributed by atoms with Crippen molar-refractivity contribution in [3.05, 3.63) is 36.0 Å². The molecule has 15 heavy (non-hydrogen) atoms. The highest BCUT2D eigenvalue weighted by molar-refractivity contribution is 5.79. The van der Waals surface area contributed by atoms with Crippen molar-refractivity contribution in [1.82, 2.24) is 4.98 Å². The largest absolute Gasteiger partial charge is 0.466 e. The van der Waals surface area contributed by atoms with Crippen LogP contribution in [0, 0.1) is 0 Å². The molecule has 2 rings (SSSR count). The van der Waals surface area contributed by atoms with Crippen LogP contribution in [0.5, 0.6) is 0 Å². The molecule has 1 aromatic heterocycles. The van der Waals surface area contributed by atoms with Crippen LogP contribution >= 0.6 is 0 Å². The molecule has 3 heteroatoms. The first-order valence-corrected chi connectivity index (χ1v) is 4.95. The Morgan fingerprint density at radius 3 is 3.07 bits per heavy atom. The topological polar surface area (TPSA) is 42.1 Å². The first-order valence-electron chi connectivity index (χ1n) is 4.95. The number of aromatic amines is 1. The van der Waals surface area contributed by atoms with Crippen LogP contribution in [0.15, 0.2) is 30.5 Å². The fourth-order valence-electron chi connectivity index (χ4n) is 1.56. The van der Waals surface area contributed by atoms with Crippen LogP contribution in [-0.4, -0.2) is 17.6 Å². The Bertz CT molecular complexity index is 473. The number of benzene rings is 1. The van der Waals surface area contributed by atoms with Crippen molar-refractivity contribution in [2.24, 2.45) is 0 Å². The molecular formula is C12H13NO2. The van der Waals surface area contributed by atoms with Crippen LogP contribution in [0.3, 0.4) is 0 Å². The quantitative estimate of drug-likeness (QED) is 0.777. The number of H-pyrrole nitrogens is 1. The molecule has 78 valence electrons. The standard InChI is InChI=1S/C12H13NO2/c1-9(14)15-7-5-10-2-3-11-4-6-13-12(11)8-10/h2-4,6,8,13H,5,7H2,1H3. The van der Waals surface area contributed by atoms with E-state index in [0.717, 1.165) is 11.9 Å². The molecule has 3 nitrogen and oxygen atoms in total. The van der Waals surface area contributed by atoms with Gasteiger partial charge in [0.2, 0.25) is 0 Å². The van der Waals surface area contributed by atoms with Crippen LogP contribution in [0.4, 0.5) is 0 Å². The first kappa shape index (κ1) is 9.77. The SMILES string of the molecule is CC(=O)OCCc1ccc2cc[nH]c2c1. The molecule has 0 atom stereocenters. The summed E-state index contributed by atoms with van der Waals surface area (Å²) in [6, 6.07) is 8.23. The van der Waals surface area contributed by atoms with Gasteiger partial charge in [-0.25, -0.2) is 0 Å². The van der Waals surface area contributed by atoms with Crippen molar-refractivity contribution in [1.29, 1.82) is 0 Å².